The van der Waals surface area contributed by atoms with Crippen molar-refractivity contribution in [2.45, 2.75) is 6.92 Å². The number of ketones is 1. The zero-order valence-electron chi connectivity index (χ0n) is 19.3. The summed E-state index contributed by atoms with van der Waals surface area (Å²) in [6.45, 7) is 3.73. The minimum Gasteiger partial charge on any atom is -0.368 e. The van der Waals surface area contributed by atoms with E-state index in [0.29, 0.717) is 43.0 Å². The maximum absolute atomic E-state index is 13.5. The molecule has 3 aromatic rings. The van der Waals surface area contributed by atoms with Gasteiger partial charge in [-0.25, -0.2) is 0 Å². The van der Waals surface area contributed by atoms with Gasteiger partial charge in [0.1, 0.15) is 5.57 Å². The van der Waals surface area contributed by atoms with Crippen LogP contribution < -0.4 is 10.2 Å². The number of aromatic nitrogens is 1. The van der Waals surface area contributed by atoms with Crippen LogP contribution in [0.5, 0.6) is 0 Å². The molecule has 35 heavy (non-hydrogen) atoms. The molecule has 1 N–H and O–H groups in total. The highest BCUT2D eigenvalue weighted by molar-refractivity contribution is 9.10. The third kappa shape index (κ3) is 6.02. The highest BCUT2D eigenvalue weighted by Crippen LogP contribution is 2.23. The third-order valence-corrected chi connectivity index (χ3v) is 6.49. The molecule has 2 amide bonds. The van der Waals surface area contributed by atoms with Crippen molar-refractivity contribution in [3.8, 4) is 0 Å². The molecule has 0 radical (unpaired) electrons. The number of rotatable bonds is 6. The molecule has 178 valence electrons. The highest BCUT2D eigenvalue weighted by atomic mass is 79.9. The summed E-state index contributed by atoms with van der Waals surface area (Å²) in [5.41, 5.74) is 2.97. The molecule has 1 aliphatic heterocycles. The number of Topliss-reactive ketones (excluding diaryl/α,β-unsaturated/α-hetero) is 1. The second-order valence-corrected chi connectivity index (χ2v) is 9.01. The van der Waals surface area contributed by atoms with Crippen LogP contribution in [0, 0.1) is 0 Å². The highest BCUT2D eigenvalue weighted by Gasteiger charge is 2.28. The quantitative estimate of drug-likeness (QED) is 0.220. The van der Waals surface area contributed by atoms with E-state index in [1.54, 1.807) is 48.5 Å². The Kier molecular flexibility index (Phi) is 7.72. The van der Waals surface area contributed by atoms with Crippen LogP contribution in [-0.4, -0.2) is 53.7 Å². The van der Waals surface area contributed by atoms with Gasteiger partial charge in [0, 0.05) is 54.3 Å². The van der Waals surface area contributed by atoms with E-state index >= 15 is 0 Å². The molecule has 0 unspecified atom stereocenters. The Bertz CT molecular complexity index is 1250. The second-order valence-electron chi connectivity index (χ2n) is 8.16. The number of carbonyl (C=O) groups excluding carboxylic acids is 3. The lowest BCUT2D eigenvalue weighted by atomic mass is 10.1. The largest absolute Gasteiger partial charge is 0.368 e. The van der Waals surface area contributed by atoms with E-state index in [0.717, 1.165) is 10.2 Å². The molecule has 0 atom stereocenters. The van der Waals surface area contributed by atoms with Crippen LogP contribution in [0.15, 0.2) is 83.1 Å². The Balaban J connectivity index is 1.50. The average molecular weight is 533 g/mol. The van der Waals surface area contributed by atoms with Crippen molar-refractivity contribution < 1.29 is 14.4 Å². The Morgan fingerprint density at radius 2 is 1.66 bits per heavy atom. The fraction of sp³-hybridized carbons (Fsp3) is 0.185. The molecule has 0 spiro atoms. The summed E-state index contributed by atoms with van der Waals surface area (Å²) < 4.78 is 0.728. The van der Waals surface area contributed by atoms with Crippen LogP contribution >= 0.6 is 15.9 Å². The number of amides is 2. The molecule has 2 aromatic carbocycles. The molecular weight excluding hydrogens is 508 g/mol. The van der Waals surface area contributed by atoms with Crippen molar-refractivity contribution in [1.82, 2.24) is 9.88 Å². The van der Waals surface area contributed by atoms with Gasteiger partial charge in [0.2, 0.25) is 0 Å². The summed E-state index contributed by atoms with van der Waals surface area (Å²) in [5, 5.41) is 2.84. The standard InChI is InChI=1S/C27H25BrN4O3/c1-19(33)21-8-10-22(11-9-21)31-13-15-32(16-14-31)27(35)23(17-20-5-4-12-29-18-20)26(34)30-25-7-3-2-6-24(25)28/h2-12,17-18H,13-16H2,1H3,(H,30,34). The normalized spacial score (nSPS) is 13.9. The minimum atomic E-state index is -0.479. The molecular formula is C27H25BrN4O3. The molecule has 1 aromatic heterocycles. The number of hydrogen-bond donors (Lipinski definition) is 1. The van der Waals surface area contributed by atoms with Crippen molar-refractivity contribution in [2.24, 2.45) is 0 Å². The smallest absolute Gasteiger partial charge is 0.261 e. The molecule has 0 bridgehead atoms. The fourth-order valence-electron chi connectivity index (χ4n) is 3.85. The van der Waals surface area contributed by atoms with Gasteiger partial charge in [0.05, 0.1) is 5.69 Å². The number of para-hydroxylation sites is 1. The minimum absolute atomic E-state index is 0.0284. The molecule has 2 heterocycles. The van der Waals surface area contributed by atoms with E-state index < -0.39 is 5.91 Å². The van der Waals surface area contributed by atoms with E-state index in [2.05, 4.69) is 31.1 Å². The number of nitrogens with one attached hydrogen (secondary N) is 1. The number of benzene rings is 2. The summed E-state index contributed by atoms with van der Waals surface area (Å²) in [6.07, 6.45) is 4.83. The molecule has 7 nitrogen and oxygen atoms in total. The lowest BCUT2D eigenvalue weighted by molar-refractivity contribution is -0.129. The molecule has 1 saturated heterocycles. The van der Waals surface area contributed by atoms with Gasteiger partial charge < -0.3 is 15.1 Å². The molecule has 4 rings (SSSR count). The number of piperazine rings is 1. The Labute approximate surface area is 212 Å². The van der Waals surface area contributed by atoms with Crippen molar-refractivity contribution in [3.05, 3.63) is 94.2 Å². The molecule has 0 saturated carbocycles. The zero-order chi connectivity index (χ0) is 24.8. The second kappa shape index (κ2) is 11.1. The van der Waals surface area contributed by atoms with Gasteiger partial charge in [0.15, 0.2) is 5.78 Å². The first-order valence-electron chi connectivity index (χ1n) is 11.2. The summed E-state index contributed by atoms with van der Waals surface area (Å²) in [7, 11) is 0. The van der Waals surface area contributed by atoms with Gasteiger partial charge in [0.25, 0.3) is 11.8 Å². The van der Waals surface area contributed by atoms with Gasteiger partial charge in [-0.15, -0.1) is 0 Å². The van der Waals surface area contributed by atoms with Crippen LogP contribution in [0.2, 0.25) is 0 Å². The van der Waals surface area contributed by atoms with E-state index in [1.165, 1.54) is 0 Å². The van der Waals surface area contributed by atoms with E-state index in [-0.39, 0.29) is 17.3 Å². The Hall–Kier alpha value is -3.78. The number of carbonyl (C=O) groups is 3. The lowest BCUT2D eigenvalue weighted by Crippen LogP contribution is -2.50. The van der Waals surface area contributed by atoms with E-state index in [1.807, 2.05) is 42.5 Å². The first-order chi connectivity index (χ1) is 16.9. The van der Waals surface area contributed by atoms with Gasteiger partial charge >= 0.3 is 0 Å². The maximum atomic E-state index is 13.5. The van der Waals surface area contributed by atoms with Gasteiger partial charge in [-0.3, -0.25) is 19.4 Å². The van der Waals surface area contributed by atoms with Crippen molar-refractivity contribution >= 4 is 51.0 Å². The van der Waals surface area contributed by atoms with Crippen molar-refractivity contribution in [2.75, 3.05) is 36.4 Å². The topological polar surface area (TPSA) is 82.6 Å². The Morgan fingerprint density at radius 1 is 0.943 bits per heavy atom. The number of halogens is 1. The summed E-state index contributed by atoms with van der Waals surface area (Å²) in [4.78, 5) is 46.2. The number of hydrogen-bond acceptors (Lipinski definition) is 5. The summed E-state index contributed by atoms with van der Waals surface area (Å²) >= 11 is 3.43. The number of nitrogens with zero attached hydrogens (tertiary/aromatic N) is 3. The van der Waals surface area contributed by atoms with Gasteiger partial charge in [-0.1, -0.05) is 18.2 Å². The fourth-order valence-corrected chi connectivity index (χ4v) is 4.23. The molecule has 1 aliphatic rings. The zero-order valence-corrected chi connectivity index (χ0v) is 20.9. The van der Waals surface area contributed by atoms with Crippen LogP contribution in [0.1, 0.15) is 22.8 Å². The lowest BCUT2D eigenvalue weighted by Gasteiger charge is -2.36. The first kappa shape index (κ1) is 24.3. The van der Waals surface area contributed by atoms with Crippen molar-refractivity contribution in [3.63, 3.8) is 0 Å². The van der Waals surface area contributed by atoms with Crippen LogP contribution in [0.25, 0.3) is 6.08 Å². The van der Waals surface area contributed by atoms with Gasteiger partial charge in [-0.2, -0.15) is 0 Å². The Morgan fingerprint density at radius 3 is 2.29 bits per heavy atom. The predicted octanol–water partition coefficient (Wildman–Crippen LogP) is 4.42. The molecule has 8 heteroatoms. The SMILES string of the molecule is CC(=O)c1ccc(N2CCN(C(=O)C(=Cc3cccnc3)C(=O)Nc3ccccc3Br)CC2)cc1. The molecule has 1 fully saturated rings. The predicted molar refractivity (Wildman–Crippen MR) is 140 cm³/mol. The summed E-state index contributed by atoms with van der Waals surface area (Å²) in [6, 6.07) is 18.3. The monoisotopic (exact) mass is 532 g/mol. The van der Waals surface area contributed by atoms with Crippen LogP contribution in [0.3, 0.4) is 0 Å². The molecule has 0 aliphatic carbocycles. The van der Waals surface area contributed by atoms with E-state index in [4.69, 9.17) is 0 Å². The third-order valence-electron chi connectivity index (χ3n) is 5.80. The summed E-state index contributed by atoms with van der Waals surface area (Å²) in [5.74, 6) is -0.779. The average Bonchev–Trinajstić information content (AvgIpc) is 2.89. The number of anilines is 2. The van der Waals surface area contributed by atoms with Crippen LogP contribution in [0.4, 0.5) is 11.4 Å². The first-order valence-corrected chi connectivity index (χ1v) is 12.0. The van der Waals surface area contributed by atoms with Crippen LogP contribution in [-0.2, 0) is 9.59 Å². The van der Waals surface area contributed by atoms with Gasteiger partial charge in [-0.05, 0) is 77.0 Å². The maximum Gasteiger partial charge on any atom is 0.261 e. The van der Waals surface area contributed by atoms with E-state index in [9.17, 15) is 14.4 Å². The number of pyridine rings is 1. The van der Waals surface area contributed by atoms with Crippen molar-refractivity contribution in [1.29, 1.82) is 0 Å².